The van der Waals surface area contributed by atoms with Gasteiger partial charge in [0.15, 0.2) is 0 Å². The lowest BCUT2D eigenvalue weighted by Gasteiger charge is -2.21. The van der Waals surface area contributed by atoms with E-state index in [0.717, 1.165) is 12.1 Å². The number of amides is 1. The first-order valence-corrected chi connectivity index (χ1v) is 7.41. The van der Waals surface area contributed by atoms with E-state index >= 15 is 0 Å². The number of nitrogens with one attached hydrogen (secondary N) is 1. The van der Waals surface area contributed by atoms with Gasteiger partial charge in [0.25, 0.3) is 0 Å². The van der Waals surface area contributed by atoms with Crippen LogP contribution in [0.2, 0.25) is 0 Å². The Morgan fingerprint density at radius 1 is 1.29 bits per heavy atom. The molecule has 0 fully saturated rings. The van der Waals surface area contributed by atoms with Crippen LogP contribution in [0, 0.1) is 0 Å². The minimum atomic E-state index is -4.47. The zero-order chi connectivity index (χ0) is 18.2. The van der Waals surface area contributed by atoms with Crippen molar-refractivity contribution in [3.05, 3.63) is 49.1 Å². The maximum atomic E-state index is 12.8. The second kappa shape index (κ2) is 9.00. The highest BCUT2D eigenvalue weighted by Crippen LogP contribution is 2.35. The first-order valence-electron chi connectivity index (χ1n) is 7.41. The van der Waals surface area contributed by atoms with Crippen molar-refractivity contribution in [3.63, 3.8) is 0 Å². The third-order valence-electron chi connectivity index (χ3n) is 3.09. The van der Waals surface area contributed by atoms with Crippen LogP contribution in [0.4, 0.5) is 18.9 Å². The van der Waals surface area contributed by atoms with E-state index in [9.17, 15) is 18.0 Å². The molecular weight excluding hydrogens is 321 g/mol. The van der Waals surface area contributed by atoms with Gasteiger partial charge in [-0.05, 0) is 25.1 Å². The molecule has 1 aromatic carbocycles. The molecule has 1 amide bonds. The Hall–Kier alpha value is -2.44. The number of carbonyl (C=O) groups excluding carboxylic acids is 1. The Morgan fingerprint density at radius 2 is 1.92 bits per heavy atom. The first-order chi connectivity index (χ1) is 11.3. The number of hydrogen-bond donors (Lipinski definition) is 1. The number of halogens is 3. The largest absolute Gasteiger partial charge is 0.492 e. The molecule has 24 heavy (non-hydrogen) atoms. The number of rotatable bonds is 9. The van der Waals surface area contributed by atoms with E-state index in [2.05, 4.69) is 18.5 Å². The molecule has 0 aliphatic heterocycles. The highest BCUT2D eigenvalue weighted by molar-refractivity contribution is 5.81. The normalized spacial score (nSPS) is 10.8. The van der Waals surface area contributed by atoms with Gasteiger partial charge in [0, 0.05) is 13.1 Å². The molecule has 0 saturated heterocycles. The molecule has 0 spiro atoms. The van der Waals surface area contributed by atoms with Crippen molar-refractivity contribution in [1.82, 2.24) is 4.90 Å². The fourth-order valence-corrected chi connectivity index (χ4v) is 2.00. The molecule has 0 radical (unpaired) electrons. The second-order valence-corrected chi connectivity index (χ2v) is 4.87. The van der Waals surface area contributed by atoms with Crippen LogP contribution in [0.5, 0.6) is 5.75 Å². The van der Waals surface area contributed by atoms with Gasteiger partial charge in [-0.25, -0.2) is 0 Å². The van der Waals surface area contributed by atoms with Crippen LogP contribution < -0.4 is 10.1 Å². The minimum Gasteiger partial charge on any atom is -0.492 e. The molecule has 0 unspecified atom stereocenters. The van der Waals surface area contributed by atoms with E-state index in [1.165, 1.54) is 11.0 Å². The van der Waals surface area contributed by atoms with Gasteiger partial charge in [-0.15, -0.1) is 13.2 Å². The summed E-state index contributed by atoms with van der Waals surface area (Å²) in [6, 6.07) is 3.12. The van der Waals surface area contributed by atoms with E-state index < -0.39 is 11.7 Å². The Labute approximate surface area is 139 Å². The van der Waals surface area contributed by atoms with Gasteiger partial charge < -0.3 is 15.0 Å². The summed E-state index contributed by atoms with van der Waals surface area (Å²) in [4.78, 5) is 13.6. The predicted molar refractivity (Wildman–Crippen MR) is 88.1 cm³/mol. The standard InChI is InChI=1S/C17H21F3N2O2/c1-4-9-22(10-5-2)16(23)12-21-14-11-13(17(18,19)20)7-8-15(14)24-6-3/h4-5,7-8,11,21H,1-2,6,9-10,12H2,3H3. The average Bonchev–Trinajstić information content (AvgIpc) is 2.52. The first kappa shape index (κ1) is 19.6. The van der Waals surface area contributed by atoms with Crippen molar-refractivity contribution < 1.29 is 22.7 Å². The van der Waals surface area contributed by atoms with E-state index in [-0.39, 0.29) is 23.9 Å². The Balaban J connectivity index is 2.92. The van der Waals surface area contributed by atoms with Gasteiger partial charge in [-0.2, -0.15) is 13.2 Å². The summed E-state index contributed by atoms with van der Waals surface area (Å²) in [5.41, 5.74) is -0.688. The van der Waals surface area contributed by atoms with E-state index in [4.69, 9.17) is 4.74 Å². The number of nitrogens with zero attached hydrogens (tertiary/aromatic N) is 1. The number of benzene rings is 1. The summed E-state index contributed by atoms with van der Waals surface area (Å²) in [5.74, 6) is -0.0213. The quantitative estimate of drug-likeness (QED) is 0.696. The molecule has 132 valence electrons. The van der Waals surface area contributed by atoms with Crippen molar-refractivity contribution in [2.24, 2.45) is 0 Å². The highest BCUT2D eigenvalue weighted by atomic mass is 19.4. The predicted octanol–water partition coefficient (Wildman–Crippen LogP) is 3.72. The molecule has 0 aliphatic carbocycles. The van der Waals surface area contributed by atoms with E-state index in [0.29, 0.717) is 19.7 Å². The molecule has 0 saturated carbocycles. The molecule has 0 heterocycles. The van der Waals surface area contributed by atoms with Gasteiger partial charge in [0.05, 0.1) is 24.4 Å². The van der Waals surface area contributed by atoms with Crippen molar-refractivity contribution in [3.8, 4) is 5.75 Å². The number of ether oxygens (including phenoxy) is 1. The third-order valence-corrected chi connectivity index (χ3v) is 3.09. The molecule has 7 heteroatoms. The van der Waals surface area contributed by atoms with Crippen LogP contribution in [-0.4, -0.2) is 37.0 Å². The van der Waals surface area contributed by atoms with Crippen LogP contribution in [0.1, 0.15) is 12.5 Å². The van der Waals surface area contributed by atoms with Crippen LogP contribution in [0.3, 0.4) is 0 Å². The average molecular weight is 342 g/mol. The second-order valence-electron chi connectivity index (χ2n) is 4.87. The molecule has 0 aromatic heterocycles. The molecule has 1 rings (SSSR count). The maximum Gasteiger partial charge on any atom is 0.416 e. The number of carbonyl (C=O) groups is 1. The molecule has 1 N–H and O–H groups in total. The van der Waals surface area contributed by atoms with Crippen LogP contribution in [0.15, 0.2) is 43.5 Å². The Kier molecular flexibility index (Phi) is 7.35. The van der Waals surface area contributed by atoms with E-state index in [1.807, 2.05) is 0 Å². The SMILES string of the molecule is C=CCN(CC=C)C(=O)CNc1cc(C(F)(F)F)ccc1OCC. The summed E-state index contributed by atoms with van der Waals surface area (Å²) in [7, 11) is 0. The smallest absolute Gasteiger partial charge is 0.416 e. The molecule has 0 bridgehead atoms. The molecule has 1 aromatic rings. The van der Waals surface area contributed by atoms with Gasteiger partial charge in [0.2, 0.25) is 5.91 Å². The van der Waals surface area contributed by atoms with Gasteiger partial charge in [-0.1, -0.05) is 12.2 Å². The summed E-state index contributed by atoms with van der Waals surface area (Å²) in [6.07, 6.45) is -1.34. The number of hydrogen-bond acceptors (Lipinski definition) is 3. The van der Waals surface area contributed by atoms with Crippen LogP contribution >= 0.6 is 0 Å². The molecule has 4 nitrogen and oxygen atoms in total. The van der Waals surface area contributed by atoms with Gasteiger partial charge in [0.1, 0.15) is 5.75 Å². The summed E-state index contributed by atoms with van der Waals surface area (Å²) in [6.45, 7) is 9.65. The lowest BCUT2D eigenvalue weighted by molar-refractivity contribution is -0.137. The fraction of sp³-hybridized carbons (Fsp3) is 0.353. The molecule has 0 aliphatic rings. The van der Waals surface area contributed by atoms with Crippen molar-refractivity contribution >= 4 is 11.6 Å². The number of alkyl halides is 3. The van der Waals surface area contributed by atoms with Gasteiger partial charge in [-0.3, -0.25) is 4.79 Å². The van der Waals surface area contributed by atoms with Gasteiger partial charge >= 0.3 is 6.18 Å². The van der Waals surface area contributed by atoms with Crippen molar-refractivity contribution in [2.45, 2.75) is 13.1 Å². The third kappa shape index (κ3) is 5.64. The fourth-order valence-electron chi connectivity index (χ4n) is 2.00. The summed E-state index contributed by atoms with van der Waals surface area (Å²) >= 11 is 0. The lowest BCUT2D eigenvalue weighted by atomic mass is 10.1. The summed E-state index contributed by atoms with van der Waals surface area (Å²) in [5, 5.41) is 2.72. The molecule has 0 atom stereocenters. The van der Waals surface area contributed by atoms with Crippen LogP contribution in [-0.2, 0) is 11.0 Å². The topological polar surface area (TPSA) is 41.6 Å². The lowest BCUT2D eigenvalue weighted by Crippen LogP contribution is -2.35. The van der Waals surface area contributed by atoms with Crippen molar-refractivity contribution in [1.29, 1.82) is 0 Å². The monoisotopic (exact) mass is 342 g/mol. The Bertz CT molecular complexity index is 576. The van der Waals surface area contributed by atoms with Crippen LogP contribution in [0.25, 0.3) is 0 Å². The minimum absolute atomic E-state index is 0.122. The highest BCUT2D eigenvalue weighted by Gasteiger charge is 2.31. The molecular formula is C17H21F3N2O2. The maximum absolute atomic E-state index is 12.8. The zero-order valence-corrected chi connectivity index (χ0v) is 13.5. The zero-order valence-electron chi connectivity index (χ0n) is 13.5. The van der Waals surface area contributed by atoms with E-state index in [1.54, 1.807) is 19.1 Å². The number of anilines is 1. The van der Waals surface area contributed by atoms with Crippen molar-refractivity contribution in [2.75, 3.05) is 31.6 Å². The Morgan fingerprint density at radius 3 is 2.42 bits per heavy atom. The summed E-state index contributed by atoms with van der Waals surface area (Å²) < 4.78 is 43.8.